The third-order valence-corrected chi connectivity index (χ3v) is 5.64. The lowest BCUT2D eigenvalue weighted by atomic mass is 10.1. The van der Waals surface area contributed by atoms with Crippen LogP contribution in [-0.4, -0.2) is 31.2 Å². The predicted molar refractivity (Wildman–Crippen MR) is 98.1 cm³/mol. The molecule has 2 heterocycles. The van der Waals surface area contributed by atoms with E-state index in [1.54, 1.807) is 35.9 Å². The highest BCUT2D eigenvalue weighted by Crippen LogP contribution is 2.39. The van der Waals surface area contributed by atoms with Gasteiger partial charge >= 0.3 is 0 Å². The second-order valence-corrected chi connectivity index (χ2v) is 8.27. The summed E-state index contributed by atoms with van der Waals surface area (Å²) in [6, 6.07) is 10.7. The number of anilines is 1. The molecular formula is C17H17N3O2S2. The van der Waals surface area contributed by atoms with Gasteiger partial charge in [-0.15, -0.1) is 0 Å². The van der Waals surface area contributed by atoms with Crippen LogP contribution in [0.4, 0.5) is 5.13 Å². The first-order valence-corrected chi connectivity index (χ1v) is 10.2. The van der Waals surface area contributed by atoms with E-state index in [1.165, 1.54) is 6.26 Å². The van der Waals surface area contributed by atoms with Crippen molar-refractivity contribution in [2.75, 3.05) is 18.1 Å². The summed E-state index contributed by atoms with van der Waals surface area (Å²) in [7, 11) is -3.20. The maximum Gasteiger partial charge on any atom is 0.183 e. The summed E-state index contributed by atoms with van der Waals surface area (Å²) >= 11 is 1.55. The molecule has 0 aliphatic heterocycles. The molecule has 3 rings (SSSR count). The highest BCUT2D eigenvalue weighted by molar-refractivity contribution is 7.90. The van der Waals surface area contributed by atoms with Crippen molar-refractivity contribution < 1.29 is 8.42 Å². The lowest BCUT2D eigenvalue weighted by Crippen LogP contribution is -1.96. The molecule has 0 fully saturated rings. The molecule has 1 aromatic carbocycles. The number of hydrogen-bond donors (Lipinski definition) is 1. The molecule has 0 unspecified atom stereocenters. The average Bonchev–Trinajstić information content (AvgIpc) is 2.99. The normalized spacial score (nSPS) is 11.4. The van der Waals surface area contributed by atoms with Crippen LogP contribution >= 0.6 is 11.3 Å². The number of nitrogens with one attached hydrogen (secondary N) is 1. The highest BCUT2D eigenvalue weighted by atomic mass is 32.2. The van der Waals surface area contributed by atoms with Gasteiger partial charge in [0.1, 0.15) is 0 Å². The van der Waals surface area contributed by atoms with E-state index < -0.39 is 9.84 Å². The Morgan fingerprint density at radius 1 is 1.04 bits per heavy atom. The van der Waals surface area contributed by atoms with Crippen molar-refractivity contribution in [1.82, 2.24) is 9.97 Å². The minimum Gasteiger partial charge on any atom is -0.362 e. The second-order valence-electron chi connectivity index (χ2n) is 5.26. The summed E-state index contributed by atoms with van der Waals surface area (Å²) in [6.45, 7) is 2.81. The van der Waals surface area contributed by atoms with Gasteiger partial charge < -0.3 is 5.32 Å². The van der Waals surface area contributed by atoms with E-state index in [2.05, 4.69) is 15.3 Å². The molecule has 0 aliphatic carbocycles. The maximum absolute atomic E-state index is 11.6. The van der Waals surface area contributed by atoms with Crippen LogP contribution in [0.5, 0.6) is 0 Å². The highest BCUT2D eigenvalue weighted by Gasteiger charge is 2.15. The van der Waals surface area contributed by atoms with Crippen molar-refractivity contribution in [1.29, 1.82) is 0 Å². The molecule has 124 valence electrons. The van der Waals surface area contributed by atoms with Crippen LogP contribution in [0.15, 0.2) is 53.7 Å². The smallest absolute Gasteiger partial charge is 0.183 e. The van der Waals surface area contributed by atoms with Crippen molar-refractivity contribution in [3.05, 3.63) is 48.8 Å². The molecule has 24 heavy (non-hydrogen) atoms. The van der Waals surface area contributed by atoms with E-state index in [4.69, 9.17) is 0 Å². The molecule has 0 saturated heterocycles. The summed E-state index contributed by atoms with van der Waals surface area (Å²) in [5.74, 6) is 0. The fraction of sp³-hybridized carbons (Fsp3) is 0.176. The molecular weight excluding hydrogens is 342 g/mol. The lowest BCUT2D eigenvalue weighted by Gasteiger charge is -2.04. The largest absolute Gasteiger partial charge is 0.362 e. The van der Waals surface area contributed by atoms with Crippen LogP contribution in [0.3, 0.4) is 0 Å². The van der Waals surface area contributed by atoms with Gasteiger partial charge in [0.15, 0.2) is 15.0 Å². The van der Waals surface area contributed by atoms with Gasteiger partial charge in [-0.2, -0.15) is 0 Å². The zero-order valence-corrected chi connectivity index (χ0v) is 15.0. The first kappa shape index (κ1) is 16.6. The standard InChI is InChI=1S/C17H17N3O2S2/c1-3-19-17-20-15(12-8-10-18-11-9-12)16(23-17)13-4-6-14(7-5-13)24(2,21)22/h4-11H,3H2,1-2H3,(H,19,20). The number of thiazole rings is 1. The van der Waals surface area contributed by atoms with Crippen molar-refractivity contribution in [2.24, 2.45) is 0 Å². The fourth-order valence-corrected chi connectivity index (χ4v) is 3.99. The minimum absolute atomic E-state index is 0.313. The predicted octanol–water partition coefficient (Wildman–Crippen LogP) is 3.71. The van der Waals surface area contributed by atoms with Gasteiger partial charge in [0.05, 0.1) is 15.5 Å². The van der Waals surface area contributed by atoms with Gasteiger partial charge in [-0.3, -0.25) is 4.98 Å². The fourth-order valence-electron chi connectivity index (χ4n) is 2.30. The third-order valence-electron chi connectivity index (χ3n) is 3.45. The molecule has 0 radical (unpaired) electrons. The van der Waals surface area contributed by atoms with E-state index in [0.29, 0.717) is 4.90 Å². The van der Waals surface area contributed by atoms with Crippen LogP contribution in [0, 0.1) is 0 Å². The third kappa shape index (κ3) is 3.47. The van der Waals surface area contributed by atoms with Crippen molar-refractivity contribution in [2.45, 2.75) is 11.8 Å². The van der Waals surface area contributed by atoms with E-state index >= 15 is 0 Å². The molecule has 5 nitrogen and oxygen atoms in total. The van der Waals surface area contributed by atoms with E-state index in [-0.39, 0.29) is 0 Å². The maximum atomic E-state index is 11.6. The van der Waals surface area contributed by atoms with Gasteiger partial charge in [0, 0.05) is 30.8 Å². The van der Waals surface area contributed by atoms with E-state index in [9.17, 15) is 8.42 Å². The molecule has 0 spiro atoms. The number of hydrogen-bond acceptors (Lipinski definition) is 6. The Labute approximate surface area is 145 Å². The summed E-state index contributed by atoms with van der Waals surface area (Å²) in [4.78, 5) is 10.0. The van der Waals surface area contributed by atoms with Crippen molar-refractivity contribution in [3.8, 4) is 21.7 Å². The van der Waals surface area contributed by atoms with Crippen molar-refractivity contribution >= 4 is 26.3 Å². The second kappa shape index (κ2) is 6.70. The first-order chi connectivity index (χ1) is 11.5. The minimum atomic E-state index is -3.20. The quantitative estimate of drug-likeness (QED) is 0.752. The Balaban J connectivity index is 2.09. The van der Waals surface area contributed by atoms with Crippen LogP contribution in [0.2, 0.25) is 0 Å². The van der Waals surface area contributed by atoms with E-state index in [1.807, 2.05) is 31.2 Å². The monoisotopic (exact) mass is 359 g/mol. The molecule has 2 aromatic heterocycles. The molecule has 1 N–H and O–H groups in total. The summed E-state index contributed by atoms with van der Waals surface area (Å²) < 4.78 is 23.3. The summed E-state index contributed by atoms with van der Waals surface area (Å²) in [5.41, 5.74) is 2.79. The Kier molecular flexibility index (Phi) is 4.64. The average molecular weight is 359 g/mol. The molecule has 3 aromatic rings. The molecule has 0 atom stereocenters. The molecule has 0 saturated carbocycles. The molecule has 0 amide bonds. The van der Waals surface area contributed by atoms with Gasteiger partial charge in [-0.1, -0.05) is 23.5 Å². The number of rotatable bonds is 5. The van der Waals surface area contributed by atoms with Gasteiger partial charge in [-0.05, 0) is 36.8 Å². The van der Waals surface area contributed by atoms with Gasteiger partial charge in [0.25, 0.3) is 0 Å². The lowest BCUT2D eigenvalue weighted by molar-refractivity contribution is 0.602. The number of pyridine rings is 1. The van der Waals surface area contributed by atoms with Gasteiger partial charge in [-0.25, -0.2) is 13.4 Å². The molecule has 0 bridgehead atoms. The van der Waals surface area contributed by atoms with Gasteiger partial charge in [0.2, 0.25) is 0 Å². The zero-order chi connectivity index (χ0) is 17.2. The Morgan fingerprint density at radius 2 is 1.71 bits per heavy atom. The van der Waals surface area contributed by atoms with Crippen LogP contribution in [0.25, 0.3) is 21.7 Å². The van der Waals surface area contributed by atoms with Crippen LogP contribution in [0.1, 0.15) is 6.92 Å². The van der Waals surface area contributed by atoms with Crippen LogP contribution < -0.4 is 5.32 Å². The molecule has 7 heteroatoms. The topological polar surface area (TPSA) is 72.0 Å². The number of sulfone groups is 1. The number of aromatic nitrogens is 2. The zero-order valence-electron chi connectivity index (χ0n) is 13.4. The molecule has 0 aliphatic rings. The van der Waals surface area contributed by atoms with Crippen LogP contribution in [-0.2, 0) is 9.84 Å². The Bertz CT molecular complexity index is 934. The Hall–Kier alpha value is -2.25. The van der Waals surface area contributed by atoms with Crippen molar-refractivity contribution in [3.63, 3.8) is 0 Å². The number of nitrogens with zero attached hydrogens (tertiary/aromatic N) is 2. The Morgan fingerprint density at radius 3 is 2.29 bits per heavy atom. The summed E-state index contributed by atoms with van der Waals surface area (Å²) in [5, 5.41) is 4.08. The summed E-state index contributed by atoms with van der Waals surface area (Å²) in [6.07, 6.45) is 4.68. The number of benzene rings is 1. The first-order valence-electron chi connectivity index (χ1n) is 7.44. The SMILES string of the molecule is CCNc1nc(-c2ccncc2)c(-c2ccc(S(C)(=O)=O)cc2)s1. The van der Waals surface area contributed by atoms with E-state index in [0.717, 1.165) is 33.4 Å².